The second kappa shape index (κ2) is 7.67. The first-order valence-corrected chi connectivity index (χ1v) is 10.7. The van der Waals surface area contributed by atoms with Crippen LogP contribution in [0.5, 0.6) is 0 Å². The molecule has 0 bridgehead atoms. The van der Waals surface area contributed by atoms with E-state index in [0.717, 1.165) is 23.4 Å². The maximum Gasteiger partial charge on any atom is 0.224 e. The van der Waals surface area contributed by atoms with Gasteiger partial charge in [0, 0.05) is 34.1 Å². The Hall–Kier alpha value is -1.81. The van der Waals surface area contributed by atoms with Gasteiger partial charge >= 0.3 is 0 Å². The largest absolute Gasteiger partial charge is 0.341 e. The fourth-order valence-corrected chi connectivity index (χ4v) is 4.94. The van der Waals surface area contributed by atoms with Gasteiger partial charge in [-0.05, 0) is 74.8 Å². The predicted molar refractivity (Wildman–Crippen MR) is 118 cm³/mol. The van der Waals surface area contributed by atoms with Crippen LogP contribution in [0.2, 0.25) is 0 Å². The lowest BCUT2D eigenvalue weighted by Gasteiger charge is -2.26. The quantitative estimate of drug-likeness (QED) is 0.653. The second-order valence-corrected chi connectivity index (χ2v) is 10.4. The first kappa shape index (κ1) is 19.9. The number of thiophene rings is 1. The summed E-state index contributed by atoms with van der Waals surface area (Å²) in [5.41, 5.74) is 5.82. The number of hydrogen-bond acceptors (Lipinski definition) is 3. The number of anilines is 3. The van der Waals surface area contributed by atoms with Crippen molar-refractivity contribution in [2.24, 2.45) is 5.41 Å². The third-order valence-electron chi connectivity index (χ3n) is 5.02. The van der Waals surface area contributed by atoms with E-state index in [9.17, 15) is 4.79 Å². The molecule has 0 saturated heterocycles. The molecule has 2 aromatic rings. The fourth-order valence-electron chi connectivity index (χ4n) is 3.86. The molecule has 1 aromatic carbocycles. The Bertz CT molecular complexity index is 822. The van der Waals surface area contributed by atoms with E-state index >= 15 is 0 Å². The summed E-state index contributed by atoms with van der Waals surface area (Å²) in [4.78, 5) is 17.8. The smallest absolute Gasteiger partial charge is 0.224 e. The van der Waals surface area contributed by atoms with Crippen molar-refractivity contribution in [3.63, 3.8) is 0 Å². The highest BCUT2D eigenvalue weighted by Gasteiger charge is 2.21. The summed E-state index contributed by atoms with van der Waals surface area (Å²) < 4.78 is 0. The lowest BCUT2D eigenvalue weighted by Crippen LogP contribution is -2.21. The monoisotopic (exact) mass is 384 g/mol. The maximum absolute atomic E-state index is 12.4. The molecule has 27 heavy (non-hydrogen) atoms. The molecule has 1 aromatic heterocycles. The number of benzene rings is 1. The zero-order chi connectivity index (χ0) is 19.8. The Morgan fingerprint density at radius 2 is 1.78 bits per heavy atom. The Labute approximate surface area is 167 Å². The SMILES string of the molecule is Cc1cc2c(s1)CCCCN2c1cc(C)c(NC(=O)CC(C)(C)C)c(C)c1. The van der Waals surface area contributed by atoms with Gasteiger partial charge in [0.2, 0.25) is 5.91 Å². The van der Waals surface area contributed by atoms with Crippen LogP contribution in [0.1, 0.15) is 60.9 Å². The zero-order valence-electron chi connectivity index (χ0n) is 17.5. The van der Waals surface area contributed by atoms with Crippen molar-refractivity contribution in [2.75, 3.05) is 16.8 Å². The summed E-state index contributed by atoms with van der Waals surface area (Å²) in [6, 6.07) is 6.78. The van der Waals surface area contributed by atoms with Gasteiger partial charge in [-0.3, -0.25) is 4.79 Å². The minimum atomic E-state index is -0.00883. The summed E-state index contributed by atoms with van der Waals surface area (Å²) in [6.45, 7) is 13.7. The molecule has 0 unspecified atom stereocenters. The molecule has 0 fully saturated rings. The summed E-state index contributed by atoms with van der Waals surface area (Å²) >= 11 is 1.93. The molecule has 0 spiro atoms. The number of nitrogens with zero attached hydrogens (tertiary/aromatic N) is 1. The molecule has 1 N–H and O–H groups in total. The number of rotatable bonds is 3. The molecule has 3 nitrogen and oxygen atoms in total. The lowest BCUT2D eigenvalue weighted by molar-refractivity contribution is -0.117. The van der Waals surface area contributed by atoms with E-state index in [1.165, 1.54) is 40.4 Å². The molecule has 4 heteroatoms. The highest BCUT2D eigenvalue weighted by Crippen LogP contribution is 2.39. The first-order valence-electron chi connectivity index (χ1n) is 9.92. The summed E-state index contributed by atoms with van der Waals surface area (Å²) in [5, 5.41) is 3.15. The highest BCUT2D eigenvalue weighted by atomic mass is 32.1. The molecule has 1 amide bonds. The molecular weight excluding hydrogens is 352 g/mol. The Kier molecular flexibility index (Phi) is 5.66. The molecule has 0 atom stereocenters. The van der Waals surface area contributed by atoms with Crippen molar-refractivity contribution in [2.45, 2.75) is 67.2 Å². The average molecular weight is 385 g/mol. The van der Waals surface area contributed by atoms with Gasteiger partial charge in [0.05, 0.1) is 5.69 Å². The van der Waals surface area contributed by atoms with E-state index in [1.54, 1.807) is 0 Å². The Morgan fingerprint density at radius 3 is 2.41 bits per heavy atom. The van der Waals surface area contributed by atoms with Crippen molar-refractivity contribution in [1.82, 2.24) is 0 Å². The highest BCUT2D eigenvalue weighted by molar-refractivity contribution is 7.12. The van der Waals surface area contributed by atoms with Crippen LogP contribution in [0, 0.1) is 26.2 Å². The van der Waals surface area contributed by atoms with Crippen molar-refractivity contribution in [1.29, 1.82) is 0 Å². The van der Waals surface area contributed by atoms with Gasteiger partial charge in [-0.1, -0.05) is 20.8 Å². The van der Waals surface area contributed by atoms with E-state index in [4.69, 9.17) is 0 Å². The molecular formula is C23H32N2OS. The molecule has 0 aliphatic carbocycles. The minimum absolute atomic E-state index is 0.00883. The summed E-state index contributed by atoms with van der Waals surface area (Å²) in [7, 11) is 0. The molecule has 1 aliphatic rings. The van der Waals surface area contributed by atoms with E-state index in [2.05, 4.69) is 70.0 Å². The average Bonchev–Trinajstić information content (AvgIpc) is 2.78. The van der Waals surface area contributed by atoms with Gasteiger partial charge in [0.1, 0.15) is 0 Å². The summed E-state index contributed by atoms with van der Waals surface area (Å²) in [5.74, 6) is 0.0898. The third-order valence-corrected chi connectivity index (χ3v) is 6.12. The van der Waals surface area contributed by atoms with Crippen LogP contribution < -0.4 is 10.2 Å². The minimum Gasteiger partial charge on any atom is -0.341 e. The maximum atomic E-state index is 12.4. The normalized spacial score (nSPS) is 14.7. The van der Waals surface area contributed by atoms with Crippen LogP contribution in [0.25, 0.3) is 0 Å². The predicted octanol–water partition coefficient (Wildman–Crippen LogP) is 6.52. The number of amides is 1. The zero-order valence-corrected chi connectivity index (χ0v) is 18.3. The van der Waals surface area contributed by atoms with Crippen LogP contribution in [0.15, 0.2) is 18.2 Å². The summed E-state index contributed by atoms with van der Waals surface area (Å²) in [6.07, 6.45) is 4.17. The number of carbonyl (C=O) groups is 1. The van der Waals surface area contributed by atoms with E-state index < -0.39 is 0 Å². The number of carbonyl (C=O) groups excluding carboxylic acids is 1. The van der Waals surface area contributed by atoms with Crippen LogP contribution in [0.3, 0.4) is 0 Å². The van der Waals surface area contributed by atoms with Crippen molar-refractivity contribution in [3.8, 4) is 0 Å². The van der Waals surface area contributed by atoms with Crippen LogP contribution in [-0.2, 0) is 11.2 Å². The number of hydrogen-bond donors (Lipinski definition) is 1. The number of nitrogens with one attached hydrogen (secondary N) is 1. The van der Waals surface area contributed by atoms with Crippen LogP contribution in [-0.4, -0.2) is 12.5 Å². The molecule has 3 rings (SSSR count). The van der Waals surface area contributed by atoms with Crippen molar-refractivity contribution >= 4 is 34.3 Å². The molecule has 0 saturated carbocycles. The first-order chi connectivity index (χ1) is 12.6. The second-order valence-electron chi connectivity index (χ2n) is 9.01. The lowest BCUT2D eigenvalue weighted by atomic mass is 9.92. The van der Waals surface area contributed by atoms with Gasteiger partial charge in [-0.2, -0.15) is 0 Å². The number of fused-ring (bicyclic) bond motifs is 1. The topological polar surface area (TPSA) is 32.3 Å². The van der Waals surface area contributed by atoms with Gasteiger partial charge in [0.25, 0.3) is 0 Å². The third kappa shape index (κ3) is 4.73. The van der Waals surface area contributed by atoms with E-state index in [-0.39, 0.29) is 11.3 Å². The van der Waals surface area contributed by atoms with Crippen molar-refractivity contribution < 1.29 is 4.79 Å². The van der Waals surface area contributed by atoms with Crippen LogP contribution in [0.4, 0.5) is 17.1 Å². The molecule has 1 aliphatic heterocycles. The van der Waals surface area contributed by atoms with Crippen molar-refractivity contribution in [3.05, 3.63) is 39.1 Å². The Balaban J connectivity index is 1.90. The van der Waals surface area contributed by atoms with Gasteiger partial charge < -0.3 is 10.2 Å². The van der Waals surface area contributed by atoms with Gasteiger partial charge in [0.15, 0.2) is 0 Å². The Morgan fingerprint density at radius 1 is 1.11 bits per heavy atom. The number of aryl methyl sites for hydroxylation is 4. The standard InChI is InChI=1S/C23H32N2OS/c1-15-11-18(12-16(2)22(15)24-21(26)14-23(4,5)6)25-10-8-7-9-20-19(25)13-17(3)27-20/h11-13H,7-10,14H2,1-6H3,(H,24,26). The fraction of sp³-hybridized carbons (Fsp3) is 0.522. The van der Waals surface area contributed by atoms with E-state index in [0.29, 0.717) is 6.42 Å². The van der Waals surface area contributed by atoms with Crippen LogP contribution >= 0.6 is 11.3 Å². The molecule has 2 heterocycles. The van der Waals surface area contributed by atoms with Gasteiger partial charge in [-0.25, -0.2) is 0 Å². The van der Waals surface area contributed by atoms with Gasteiger partial charge in [-0.15, -0.1) is 11.3 Å². The molecule has 0 radical (unpaired) electrons. The molecule has 146 valence electrons. The van der Waals surface area contributed by atoms with E-state index in [1.807, 2.05) is 11.3 Å².